The largest absolute Gasteiger partial charge is 0.496 e. The molecule has 0 radical (unpaired) electrons. The van der Waals surface area contributed by atoms with E-state index in [9.17, 15) is 14.4 Å². The van der Waals surface area contributed by atoms with Gasteiger partial charge >= 0.3 is 6.03 Å². The SMILES string of the molecule is COc1ccccc1CN1C(=O)N[C@@H](CC(=O)N2CCCC3=C[C@H]4C[C@@H](CN5CCCC[C@H]45)[C@@H]32)C1=O. The number of fused-ring (bicyclic) bond motifs is 6. The number of nitrogens with zero attached hydrogens (tertiary/aromatic N) is 3. The normalized spacial score (nSPS) is 31.9. The summed E-state index contributed by atoms with van der Waals surface area (Å²) in [4.78, 5) is 45.3. The molecule has 5 atom stereocenters. The molecule has 36 heavy (non-hydrogen) atoms. The second kappa shape index (κ2) is 9.54. The van der Waals surface area contributed by atoms with Gasteiger partial charge < -0.3 is 15.0 Å². The minimum absolute atomic E-state index is 0.0132. The molecule has 192 valence electrons. The number of piperidine rings is 3. The number of benzene rings is 1. The van der Waals surface area contributed by atoms with E-state index in [1.807, 2.05) is 29.2 Å². The van der Waals surface area contributed by atoms with Gasteiger partial charge in [-0.2, -0.15) is 0 Å². The molecule has 0 aromatic heterocycles. The highest BCUT2D eigenvalue weighted by molar-refractivity contribution is 6.05. The molecule has 4 amide bonds. The fourth-order valence-corrected chi connectivity index (χ4v) is 7.41. The number of hydrogen-bond donors (Lipinski definition) is 1. The number of ether oxygens (including phenoxy) is 1. The molecule has 1 aromatic carbocycles. The van der Waals surface area contributed by atoms with E-state index in [1.165, 1.54) is 36.3 Å². The van der Waals surface area contributed by atoms with Gasteiger partial charge in [0.25, 0.3) is 5.91 Å². The van der Waals surface area contributed by atoms with E-state index >= 15 is 0 Å². The van der Waals surface area contributed by atoms with Crippen LogP contribution < -0.4 is 10.1 Å². The minimum Gasteiger partial charge on any atom is -0.496 e. The number of carbonyl (C=O) groups is 3. The summed E-state index contributed by atoms with van der Waals surface area (Å²) in [6.07, 6.45) is 9.60. The molecule has 8 nitrogen and oxygen atoms in total. The number of para-hydroxylation sites is 1. The van der Waals surface area contributed by atoms with E-state index in [-0.39, 0.29) is 30.8 Å². The van der Waals surface area contributed by atoms with Crippen molar-refractivity contribution in [2.24, 2.45) is 11.8 Å². The van der Waals surface area contributed by atoms with Gasteiger partial charge in [0.2, 0.25) is 5.91 Å². The number of hydrogen-bond acceptors (Lipinski definition) is 5. The molecular weight excluding hydrogens is 456 g/mol. The van der Waals surface area contributed by atoms with Gasteiger partial charge in [0.05, 0.1) is 26.1 Å². The zero-order valence-electron chi connectivity index (χ0n) is 21.0. The molecular formula is C28H36N4O4. The van der Waals surface area contributed by atoms with Crippen molar-refractivity contribution in [1.29, 1.82) is 0 Å². The van der Waals surface area contributed by atoms with Gasteiger partial charge in [-0.05, 0) is 56.6 Å². The Morgan fingerprint density at radius 1 is 1.14 bits per heavy atom. The van der Waals surface area contributed by atoms with Gasteiger partial charge in [-0.1, -0.05) is 36.3 Å². The Balaban J connectivity index is 1.15. The topological polar surface area (TPSA) is 82.2 Å². The summed E-state index contributed by atoms with van der Waals surface area (Å²) >= 11 is 0. The Labute approximate surface area is 212 Å². The molecule has 8 heteroatoms. The van der Waals surface area contributed by atoms with Crippen molar-refractivity contribution >= 4 is 17.8 Å². The van der Waals surface area contributed by atoms with E-state index < -0.39 is 12.1 Å². The maximum absolute atomic E-state index is 13.6. The molecule has 4 saturated heterocycles. The Bertz CT molecular complexity index is 1090. The predicted octanol–water partition coefficient (Wildman–Crippen LogP) is 2.93. The predicted molar refractivity (Wildman–Crippen MR) is 134 cm³/mol. The number of methoxy groups -OCH3 is 1. The molecule has 1 aliphatic carbocycles. The average Bonchev–Trinajstić information content (AvgIpc) is 3.16. The average molecular weight is 493 g/mol. The molecule has 1 N–H and O–H groups in total. The third kappa shape index (κ3) is 4.09. The molecule has 1 aromatic rings. The summed E-state index contributed by atoms with van der Waals surface area (Å²) in [5, 5.41) is 2.76. The molecule has 2 bridgehead atoms. The standard InChI is InChI=1S/C28H36N4O4/c1-36-24-10-3-2-7-19(24)17-32-27(34)22(29-28(32)35)15-25(33)31-12-6-8-18-13-20-14-21(26(18)31)16-30-11-5-4-9-23(20)30/h2-3,7,10,13,20-23,26H,4-6,8-9,11-12,14-17H2,1H3,(H,29,35)/t20-,21-,22-,23+,26+/m0/s1. The van der Waals surface area contributed by atoms with Gasteiger partial charge in [0.15, 0.2) is 0 Å². The van der Waals surface area contributed by atoms with Crippen LogP contribution >= 0.6 is 0 Å². The van der Waals surface area contributed by atoms with Crippen LogP contribution in [0.3, 0.4) is 0 Å². The highest BCUT2D eigenvalue weighted by Crippen LogP contribution is 2.45. The Morgan fingerprint density at radius 2 is 2.00 bits per heavy atom. The van der Waals surface area contributed by atoms with Crippen molar-refractivity contribution in [3.05, 3.63) is 41.5 Å². The summed E-state index contributed by atoms with van der Waals surface area (Å²) in [5.74, 6) is 1.34. The Hall–Kier alpha value is -2.87. The fourth-order valence-electron chi connectivity index (χ4n) is 7.41. The van der Waals surface area contributed by atoms with Crippen molar-refractivity contribution in [1.82, 2.24) is 20.0 Å². The van der Waals surface area contributed by atoms with Gasteiger partial charge in [-0.25, -0.2) is 4.79 Å². The molecule has 4 heterocycles. The zero-order chi connectivity index (χ0) is 24.8. The van der Waals surface area contributed by atoms with E-state index in [1.54, 1.807) is 7.11 Å². The fraction of sp³-hybridized carbons (Fsp3) is 0.607. The summed E-state index contributed by atoms with van der Waals surface area (Å²) in [7, 11) is 1.57. The quantitative estimate of drug-likeness (QED) is 0.505. The lowest BCUT2D eigenvalue weighted by Crippen LogP contribution is -2.60. The molecule has 0 spiro atoms. The summed E-state index contributed by atoms with van der Waals surface area (Å²) < 4.78 is 5.37. The first-order valence-corrected chi connectivity index (χ1v) is 13.5. The molecule has 4 fully saturated rings. The van der Waals surface area contributed by atoms with Crippen molar-refractivity contribution in [3.8, 4) is 5.75 Å². The van der Waals surface area contributed by atoms with Crippen LogP contribution in [0.1, 0.15) is 50.5 Å². The van der Waals surface area contributed by atoms with Crippen LogP contribution in [-0.2, 0) is 16.1 Å². The van der Waals surface area contributed by atoms with Crippen molar-refractivity contribution in [2.45, 2.75) is 69.6 Å². The first-order valence-electron chi connectivity index (χ1n) is 13.5. The number of nitrogens with one attached hydrogen (secondary N) is 1. The summed E-state index contributed by atoms with van der Waals surface area (Å²) in [6, 6.07) is 6.90. The number of imide groups is 1. The smallest absolute Gasteiger partial charge is 0.325 e. The van der Waals surface area contributed by atoms with Crippen LogP contribution in [-0.4, -0.2) is 77.4 Å². The van der Waals surface area contributed by atoms with Gasteiger partial charge in [0.1, 0.15) is 11.8 Å². The maximum Gasteiger partial charge on any atom is 0.325 e. The second-order valence-electron chi connectivity index (χ2n) is 11.0. The number of likely N-dealkylation sites (tertiary alicyclic amines) is 1. The minimum atomic E-state index is -0.816. The molecule has 6 rings (SSSR count). The first-order chi connectivity index (χ1) is 17.5. The van der Waals surface area contributed by atoms with Crippen molar-refractivity contribution in [2.75, 3.05) is 26.7 Å². The summed E-state index contributed by atoms with van der Waals surface area (Å²) in [6.45, 7) is 3.09. The van der Waals surface area contributed by atoms with E-state index in [2.05, 4.69) is 16.3 Å². The monoisotopic (exact) mass is 492 g/mol. The van der Waals surface area contributed by atoms with Crippen molar-refractivity contribution in [3.63, 3.8) is 0 Å². The van der Waals surface area contributed by atoms with Crippen molar-refractivity contribution < 1.29 is 19.1 Å². The molecule has 0 unspecified atom stereocenters. The lowest BCUT2D eigenvalue weighted by Gasteiger charge is -2.54. The third-order valence-electron chi connectivity index (χ3n) is 8.98. The summed E-state index contributed by atoms with van der Waals surface area (Å²) in [5.41, 5.74) is 2.19. The van der Waals surface area contributed by atoms with E-state index in [0.29, 0.717) is 23.6 Å². The zero-order valence-corrected chi connectivity index (χ0v) is 21.0. The third-order valence-corrected chi connectivity index (χ3v) is 8.98. The number of amides is 4. The molecule has 4 aliphatic heterocycles. The van der Waals surface area contributed by atoms with Crippen LogP contribution in [0.25, 0.3) is 0 Å². The van der Waals surface area contributed by atoms with Gasteiger partial charge in [-0.3, -0.25) is 19.4 Å². The van der Waals surface area contributed by atoms with Crippen LogP contribution in [0.15, 0.2) is 35.9 Å². The highest BCUT2D eigenvalue weighted by Gasteiger charge is 2.48. The highest BCUT2D eigenvalue weighted by atomic mass is 16.5. The van der Waals surface area contributed by atoms with Crippen LogP contribution in [0.5, 0.6) is 5.75 Å². The van der Waals surface area contributed by atoms with Gasteiger partial charge in [-0.15, -0.1) is 0 Å². The number of rotatable bonds is 5. The lowest BCUT2D eigenvalue weighted by molar-refractivity contribution is -0.139. The Morgan fingerprint density at radius 3 is 2.86 bits per heavy atom. The van der Waals surface area contributed by atoms with E-state index in [4.69, 9.17) is 4.74 Å². The molecule has 5 aliphatic rings. The second-order valence-corrected chi connectivity index (χ2v) is 11.0. The molecule has 0 saturated carbocycles. The first kappa shape index (κ1) is 23.5. The van der Waals surface area contributed by atoms with Crippen LogP contribution in [0, 0.1) is 11.8 Å². The number of urea groups is 1. The Kier molecular flexibility index (Phi) is 6.23. The maximum atomic E-state index is 13.6. The lowest BCUT2D eigenvalue weighted by atomic mass is 9.68. The number of carbonyl (C=O) groups excluding carboxylic acids is 3. The van der Waals surface area contributed by atoms with Crippen LogP contribution in [0.2, 0.25) is 0 Å². The van der Waals surface area contributed by atoms with E-state index in [0.717, 1.165) is 37.9 Å². The van der Waals surface area contributed by atoms with Gasteiger partial charge in [0, 0.05) is 24.7 Å². The van der Waals surface area contributed by atoms with Crippen LogP contribution in [0.4, 0.5) is 4.79 Å².